The molecule has 0 unspecified atom stereocenters. The van der Waals surface area contributed by atoms with Crippen molar-refractivity contribution in [1.82, 2.24) is 15.5 Å². The van der Waals surface area contributed by atoms with E-state index in [0.717, 1.165) is 44.9 Å². The van der Waals surface area contributed by atoms with Crippen LogP contribution >= 0.6 is 35.7 Å². The number of likely N-dealkylation sites (tertiary alicyclic amines) is 1. The van der Waals surface area contributed by atoms with Gasteiger partial charge in [-0.2, -0.15) is 24.9 Å². The Kier molecular flexibility index (Phi) is 12.6. The first-order chi connectivity index (χ1) is 11.6. The number of hydrogen-bond acceptors (Lipinski definition) is 3. The first-order valence-corrected chi connectivity index (χ1v) is 10.2. The molecule has 0 amide bonds. The summed E-state index contributed by atoms with van der Waals surface area (Å²) in [5.74, 6) is 1.31. The average Bonchev–Trinajstić information content (AvgIpc) is 2.53. The number of halogens is 4. The van der Waals surface area contributed by atoms with E-state index in [4.69, 9.17) is 0 Å². The molecule has 0 aromatic heterocycles. The summed E-state index contributed by atoms with van der Waals surface area (Å²) in [6, 6.07) is 0. The molecular weight excluding hydrogens is 476 g/mol. The number of piperidine rings is 1. The molecule has 156 valence electrons. The highest BCUT2D eigenvalue weighted by molar-refractivity contribution is 14.0. The van der Waals surface area contributed by atoms with Crippen molar-refractivity contribution in [3.8, 4) is 0 Å². The Morgan fingerprint density at radius 1 is 1.19 bits per heavy atom. The first-order valence-electron chi connectivity index (χ1n) is 9.01. The molecule has 0 spiro atoms. The van der Waals surface area contributed by atoms with Crippen LogP contribution < -0.4 is 10.6 Å². The zero-order chi connectivity index (χ0) is 18.9. The molecule has 0 radical (unpaired) electrons. The number of nitrogens with zero attached hydrogens (tertiary/aromatic N) is 2. The van der Waals surface area contributed by atoms with Gasteiger partial charge in [0.25, 0.3) is 0 Å². The van der Waals surface area contributed by atoms with Crippen molar-refractivity contribution in [3.63, 3.8) is 0 Å². The van der Waals surface area contributed by atoms with Crippen LogP contribution in [0.5, 0.6) is 0 Å². The molecule has 1 aliphatic rings. The summed E-state index contributed by atoms with van der Waals surface area (Å²) in [5, 5.41) is 6.60. The number of nitrogens with one attached hydrogen (secondary N) is 2. The third-order valence-corrected chi connectivity index (χ3v) is 5.70. The van der Waals surface area contributed by atoms with Gasteiger partial charge in [0.1, 0.15) is 0 Å². The standard InChI is InChI=1S/C17H33F3N4S.HI/c1-5-21-15(23-12-16(2,3)25-4)22-9-6-14-7-10-24(11-8-14)13-17(18,19)20;/h14H,5-13H2,1-4H3,(H2,21,22,23);1H. The van der Waals surface area contributed by atoms with Crippen LogP contribution in [-0.2, 0) is 0 Å². The smallest absolute Gasteiger partial charge is 0.357 e. The molecule has 0 atom stereocenters. The van der Waals surface area contributed by atoms with Gasteiger partial charge >= 0.3 is 6.18 Å². The summed E-state index contributed by atoms with van der Waals surface area (Å²) in [6.45, 7) is 9.02. The van der Waals surface area contributed by atoms with Crippen LogP contribution in [0.15, 0.2) is 4.99 Å². The van der Waals surface area contributed by atoms with Crippen molar-refractivity contribution in [2.75, 3.05) is 45.5 Å². The molecule has 1 heterocycles. The van der Waals surface area contributed by atoms with Crippen LogP contribution in [0.1, 0.15) is 40.0 Å². The van der Waals surface area contributed by atoms with Crippen LogP contribution in [-0.4, -0.2) is 67.3 Å². The van der Waals surface area contributed by atoms with E-state index >= 15 is 0 Å². The Balaban J connectivity index is 0.00000625. The zero-order valence-corrected chi connectivity index (χ0v) is 19.4. The van der Waals surface area contributed by atoms with E-state index in [0.29, 0.717) is 19.0 Å². The Bertz CT molecular complexity index is 411. The van der Waals surface area contributed by atoms with Crippen molar-refractivity contribution in [1.29, 1.82) is 0 Å². The third-order valence-electron chi connectivity index (χ3n) is 4.47. The second-order valence-electron chi connectivity index (χ2n) is 7.21. The summed E-state index contributed by atoms with van der Waals surface area (Å²) < 4.78 is 37.3. The second kappa shape index (κ2) is 12.5. The lowest BCUT2D eigenvalue weighted by molar-refractivity contribution is -0.148. The fraction of sp³-hybridized carbons (Fsp3) is 0.941. The van der Waals surface area contributed by atoms with Gasteiger partial charge in [0.05, 0.1) is 13.1 Å². The van der Waals surface area contributed by atoms with Crippen molar-refractivity contribution in [2.45, 2.75) is 51.0 Å². The lowest BCUT2D eigenvalue weighted by Crippen LogP contribution is -2.42. The molecule has 0 aromatic carbocycles. The normalized spacial score (nSPS) is 17.7. The lowest BCUT2D eigenvalue weighted by Gasteiger charge is -2.32. The molecule has 1 fully saturated rings. The van der Waals surface area contributed by atoms with Crippen molar-refractivity contribution in [3.05, 3.63) is 0 Å². The number of rotatable bonds is 8. The summed E-state index contributed by atoms with van der Waals surface area (Å²) in [5.41, 5.74) is 0. The molecule has 1 aliphatic heterocycles. The fourth-order valence-corrected chi connectivity index (χ4v) is 2.95. The van der Waals surface area contributed by atoms with Gasteiger partial charge < -0.3 is 10.6 Å². The molecule has 0 bridgehead atoms. The van der Waals surface area contributed by atoms with Crippen LogP contribution in [0.3, 0.4) is 0 Å². The molecular formula is C17H34F3IN4S. The van der Waals surface area contributed by atoms with Gasteiger partial charge in [-0.25, -0.2) is 0 Å². The third kappa shape index (κ3) is 11.7. The van der Waals surface area contributed by atoms with E-state index in [1.165, 1.54) is 4.90 Å². The van der Waals surface area contributed by atoms with Crippen LogP contribution in [0.2, 0.25) is 0 Å². The Morgan fingerprint density at radius 2 is 1.81 bits per heavy atom. The summed E-state index contributed by atoms with van der Waals surface area (Å²) in [6.07, 6.45) is 0.642. The second-order valence-corrected chi connectivity index (χ2v) is 8.72. The van der Waals surface area contributed by atoms with Crippen molar-refractivity contribution < 1.29 is 13.2 Å². The number of aliphatic imine (C=N–C) groups is 1. The van der Waals surface area contributed by atoms with E-state index in [2.05, 4.69) is 35.7 Å². The maximum absolute atomic E-state index is 12.4. The highest BCUT2D eigenvalue weighted by Crippen LogP contribution is 2.24. The molecule has 26 heavy (non-hydrogen) atoms. The van der Waals surface area contributed by atoms with Crippen LogP contribution in [0, 0.1) is 5.92 Å². The van der Waals surface area contributed by atoms with Gasteiger partial charge in [-0.15, -0.1) is 24.0 Å². The SMILES string of the molecule is CCNC(=NCC(C)(C)SC)NCCC1CCN(CC(F)(F)F)CC1.I. The van der Waals surface area contributed by atoms with Gasteiger partial charge in [-0.05, 0) is 65.3 Å². The minimum Gasteiger partial charge on any atom is -0.357 e. The largest absolute Gasteiger partial charge is 0.401 e. The molecule has 1 saturated heterocycles. The van der Waals surface area contributed by atoms with Crippen LogP contribution in [0.4, 0.5) is 13.2 Å². The predicted octanol–water partition coefficient (Wildman–Crippen LogP) is 3.97. The summed E-state index contributed by atoms with van der Waals surface area (Å²) in [7, 11) is 0. The minimum absolute atomic E-state index is 0. The fourth-order valence-electron chi connectivity index (χ4n) is 2.76. The van der Waals surface area contributed by atoms with E-state index in [1.54, 1.807) is 11.8 Å². The van der Waals surface area contributed by atoms with E-state index in [-0.39, 0.29) is 28.7 Å². The lowest BCUT2D eigenvalue weighted by atomic mass is 9.93. The van der Waals surface area contributed by atoms with Gasteiger partial charge in [0.15, 0.2) is 5.96 Å². The maximum atomic E-state index is 12.4. The Labute approximate surface area is 177 Å². The predicted molar refractivity (Wildman–Crippen MR) is 117 cm³/mol. The van der Waals surface area contributed by atoms with Crippen LogP contribution in [0.25, 0.3) is 0 Å². The van der Waals surface area contributed by atoms with Gasteiger partial charge in [-0.3, -0.25) is 9.89 Å². The zero-order valence-electron chi connectivity index (χ0n) is 16.3. The minimum atomic E-state index is -4.09. The number of alkyl halides is 3. The monoisotopic (exact) mass is 510 g/mol. The quantitative estimate of drug-likeness (QED) is 0.295. The summed E-state index contributed by atoms with van der Waals surface area (Å²) in [4.78, 5) is 6.15. The van der Waals surface area contributed by atoms with E-state index in [9.17, 15) is 13.2 Å². The molecule has 1 rings (SSSR count). The average molecular weight is 510 g/mol. The maximum Gasteiger partial charge on any atom is 0.401 e. The van der Waals surface area contributed by atoms with Crippen molar-refractivity contribution in [2.24, 2.45) is 10.9 Å². The van der Waals surface area contributed by atoms with Crippen molar-refractivity contribution >= 4 is 41.7 Å². The van der Waals surface area contributed by atoms with Gasteiger partial charge in [0.2, 0.25) is 0 Å². The highest BCUT2D eigenvalue weighted by Gasteiger charge is 2.32. The van der Waals surface area contributed by atoms with Gasteiger partial charge in [-0.1, -0.05) is 0 Å². The molecule has 0 aliphatic carbocycles. The summed E-state index contributed by atoms with van der Waals surface area (Å²) >= 11 is 1.79. The molecule has 9 heteroatoms. The first kappa shape index (κ1) is 26.1. The Morgan fingerprint density at radius 3 is 2.31 bits per heavy atom. The highest BCUT2D eigenvalue weighted by atomic mass is 127. The van der Waals surface area contributed by atoms with E-state index < -0.39 is 12.7 Å². The van der Waals surface area contributed by atoms with E-state index in [1.807, 2.05) is 6.92 Å². The number of thioether (sulfide) groups is 1. The molecule has 0 aromatic rings. The number of hydrogen-bond donors (Lipinski definition) is 2. The van der Waals surface area contributed by atoms with Gasteiger partial charge in [0, 0.05) is 17.8 Å². The molecule has 2 N–H and O–H groups in total. The topological polar surface area (TPSA) is 39.7 Å². The molecule has 0 saturated carbocycles. The molecule has 4 nitrogen and oxygen atoms in total. The number of guanidine groups is 1. The Hall–Kier alpha value is 0.1000.